The van der Waals surface area contributed by atoms with Gasteiger partial charge in [-0.1, -0.05) is 60.7 Å². The molecule has 0 aliphatic heterocycles. The third-order valence-electron chi connectivity index (χ3n) is 5.64. The highest BCUT2D eigenvalue weighted by Gasteiger charge is 2.12. The molecule has 0 saturated heterocycles. The number of nitrogens with zero attached hydrogens (tertiary/aromatic N) is 2. The summed E-state index contributed by atoms with van der Waals surface area (Å²) in [4.78, 5) is 23.6. The Balaban J connectivity index is 1.32. The lowest BCUT2D eigenvalue weighted by Gasteiger charge is -2.05. The molecule has 0 saturated carbocycles. The van der Waals surface area contributed by atoms with Gasteiger partial charge in [-0.3, -0.25) is 4.79 Å². The van der Waals surface area contributed by atoms with Gasteiger partial charge in [-0.25, -0.2) is 10.2 Å². The van der Waals surface area contributed by atoms with Crippen LogP contribution in [0.4, 0.5) is 0 Å². The van der Waals surface area contributed by atoms with E-state index in [1.807, 2.05) is 77.5 Å². The Morgan fingerprint density at radius 3 is 2.53 bits per heavy atom. The number of carbonyl (C=O) groups is 2. The molecular formula is C27H21N3O4. The summed E-state index contributed by atoms with van der Waals surface area (Å²) >= 11 is 0. The molecule has 7 nitrogen and oxygen atoms in total. The van der Waals surface area contributed by atoms with E-state index in [0.29, 0.717) is 12.3 Å². The predicted octanol–water partition coefficient (Wildman–Crippen LogP) is 4.83. The Hall–Kier alpha value is -4.65. The fourth-order valence-electron chi connectivity index (χ4n) is 4.09. The van der Waals surface area contributed by atoms with E-state index in [9.17, 15) is 9.59 Å². The zero-order valence-electron chi connectivity index (χ0n) is 18.1. The van der Waals surface area contributed by atoms with E-state index < -0.39 is 5.97 Å². The highest BCUT2D eigenvalue weighted by Crippen LogP contribution is 2.22. The molecule has 168 valence electrons. The van der Waals surface area contributed by atoms with Gasteiger partial charge in [0.1, 0.15) is 5.76 Å². The van der Waals surface area contributed by atoms with Crippen molar-refractivity contribution in [2.75, 3.05) is 0 Å². The normalized spacial score (nSPS) is 11.4. The van der Waals surface area contributed by atoms with Gasteiger partial charge in [-0.15, -0.1) is 0 Å². The van der Waals surface area contributed by atoms with Gasteiger partial charge in [0.25, 0.3) is 0 Å². The van der Waals surface area contributed by atoms with E-state index >= 15 is 0 Å². The van der Waals surface area contributed by atoms with Crippen molar-refractivity contribution in [1.82, 2.24) is 9.99 Å². The van der Waals surface area contributed by atoms with Gasteiger partial charge in [0.05, 0.1) is 19.2 Å². The Bertz CT molecular complexity index is 1540. The van der Waals surface area contributed by atoms with Gasteiger partial charge >= 0.3 is 5.97 Å². The van der Waals surface area contributed by atoms with Crippen molar-refractivity contribution in [2.24, 2.45) is 5.10 Å². The summed E-state index contributed by atoms with van der Waals surface area (Å²) in [6, 6.07) is 24.8. The second kappa shape index (κ2) is 9.07. The number of para-hydroxylation sites is 1. The molecule has 2 aromatic heterocycles. The van der Waals surface area contributed by atoms with Crippen LogP contribution in [-0.4, -0.2) is 27.8 Å². The SMILES string of the molecule is O=C(Cc1cccc2ccccc12)NN=Cc1cn(Cc2ccc(C(=O)O)o2)c2ccccc12. The third-order valence-corrected chi connectivity index (χ3v) is 5.64. The molecule has 0 atom stereocenters. The largest absolute Gasteiger partial charge is 0.475 e. The van der Waals surface area contributed by atoms with Crippen LogP contribution in [0.5, 0.6) is 0 Å². The molecular weight excluding hydrogens is 430 g/mol. The molecule has 0 aliphatic carbocycles. The van der Waals surface area contributed by atoms with E-state index in [0.717, 1.165) is 32.8 Å². The maximum absolute atomic E-state index is 12.5. The van der Waals surface area contributed by atoms with Crippen LogP contribution in [-0.2, 0) is 17.8 Å². The number of hydrazone groups is 1. The molecule has 5 rings (SSSR count). The zero-order chi connectivity index (χ0) is 23.5. The number of furan rings is 1. The maximum Gasteiger partial charge on any atom is 0.371 e. The Morgan fingerprint density at radius 1 is 0.941 bits per heavy atom. The van der Waals surface area contributed by atoms with Crippen molar-refractivity contribution < 1.29 is 19.1 Å². The molecule has 0 aliphatic rings. The van der Waals surface area contributed by atoms with E-state index in [2.05, 4.69) is 10.5 Å². The highest BCUT2D eigenvalue weighted by molar-refractivity contribution is 6.00. The lowest BCUT2D eigenvalue weighted by molar-refractivity contribution is -0.120. The van der Waals surface area contributed by atoms with Crippen LogP contribution in [0.2, 0.25) is 0 Å². The summed E-state index contributed by atoms with van der Waals surface area (Å²) in [6.45, 7) is 0.370. The van der Waals surface area contributed by atoms with Crippen LogP contribution in [0.3, 0.4) is 0 Å². The first-order valence-electron chi connectivity index (χ1n) is 10.8. The second-order valence-corrected chi connectivity index (χ2v) is 7.91. The van der Waals surface area contributed by atoms with Gasteiger partial charge in [0, 0.05) is 22.7 Å². The number of aromatic carboxylic acids is 1. The number of carbonyl (C=O) groups excluding carboxylic acids is 1. The van der Waals surface area contributed by atoms with Crippen LogP contribution in [0, 0.1) is 0 Å². The van der Waals surface area contributed by atoms with Gasteiger partial charge in [0.15, 0.2) is 0 Å². The van der Waals surface area contributed by atoms with Crippen LogP contribution < -0.4 is 5.43 Å². The molecule has 0 radical (unpaired) electrons. The number of hydrogen-bond acceptors (Lipinski definition) is 4. The molecule has 0 unspecified atom stereocenters. The maximum atomic E-state index is 12.5. The molecule has 34 heavy (non-hydrogen) atoms. The van der Waals surface area contributed by atoms with Crippen LogP contribution in [0.25, 0.3) is 21.7 Å². The average Bonchev–Trinajstić information content (AvgIpc) is 3.45. The molecule has 7 heteroatoms. The number of amides is 1. The fourth-order valence-corrected chi connectivity index (χ4v) is 4.09. The van der Waals surface area contributed by atoms with Gasteiger partial charge in [0.2, 0.25) is 11.7 Å². The molecule has 0 fully saturated rings. The first-order valence-corrected chi connectivity index (χ1v) is 10.8. The van der Waals surface area contributed by atoms with Crippen molar-refractivity contribution in [3.63, 3.8) is 0 Å². The molecule has 1 amide bonds. The minimum Gasteiger partial charge on any atom is -0.475 e. The first-order chi connectivity index (χ1) is 16.6. The number of carboxylic acid groups (broad SMARTS) is 1. The smallest absolute Gasteiger partial charge is 0.371 e. The summed E-state index contributed by atoms with van der Waals surface area (Å²) in [6.07, 6.45) is 3.74. The molecule has 2 N–H and O–H groups in total. The van der Waals surface area contributed by atoms with E-state index in [-0.39, 0.29) is 18.1 Å². The number of hydrogen-bond donors (Lipinski definition) is 2. The molecule has 3 aromatic carbocycles. The number of carboxylic acids is 1. The summed E-state index contributed by atoms with van der Waals surface area (Å²) in [7, 11) is 0. The van der Waals surface area contributed by atoms with Crippen LogP contribution in [0.1, 0.15) is 27.4 Å². The summed E-state index contributed by atoms with van der Waals surface area (Å²) in [5, 5.41) is 16.4. The molecule has 0 spiro atoms. The molecule has 0 bridgehead atoms. The summed E-state index contributed by atoms with van der Waals surface area (Å²) in [5.41, 5.74) is 5.34. The minimum atomic E-state index is -1.10. The van der Waals surface area contributed by atoms with Gasteiger partial charge < -0.3 is 14.1 Å². The summed E-state index contributed by atoms with van der Waals surface area (Å²) in [5.74, 6) is -0.865. The van der Waals surface area contributed by atoms with Crippen molar-refractivity contribution in [3.05, 3.63) is 108 Å². The Labute approximate surface area is 194 Å². The fraction of sp³-hybridized carbons (Fsp3) is 0.0741. The first kappa shape index (κ1) is 21.2. The summed E-state index contributed by atoms with van der Waals surface area (Å²) < 4.78 is 7.35. The molecule has 2 heterocycles. The van der Waals surface area contributed by atoms with Crippen molar-refractivity contribution in [1.29, 1.82) is 0 Å². The topological polar surface area (TPSA) is 96.8 Å². The third kappa shape index (κ3) is 4.31. The quantitative estimate of drug-likeness (QED) is 0.274. The lowest BCUT2D eigenvalue weighted by atomic mass is 10.0. The Morgan fingerprint density at radius 2 is 1.71 bits per heavy atom. The minimum absolute atomic E-state index is 0.0952. The van der Waals surface area contributed by atoms with Crippen molar-refractivity contribution >= 4 is 39.8 Å². The second-order valence-electron chi connectivity index (χ2n) is 7.91. The monoisotopic (exact) mass is 451 g/mol. The number of rotatable bonds is 7. The van der Waals surface area contributed by atoms with E-state index in [1.54, 1.807) is 12.3 Å². The highest BCUT2D eigenvalue weighted by atomic mass is 16.4. The van der Waals surface area contributed by atoms with Gasteiger partial charge in [-0.2, -0.15) is 5.10 Å². The van der Waals surface area contributed by atoms with E-state index in [1.165, 1.54) is 6.07 Å². The predicted molar refractivity (Wildman–Crippen MR) is 130 cm³/mol. The van der Waals surface area contributed by atoms with Gasteiger partial charge in [-0.05, 0) is 34.5 Å². The standard InChI is InChI=1S/C27H21N3O4/c31-26(14-19-8-5-7-18-6-1-2-9-22(18)19)29-28-15-20-16-30(24-11-4-3-10-23(20)24)17-21-12-13-25(34-21)27(32)33/h1-13,15-16H,14,17H2,(H,29,31)(H,32,33). The Kier molecular flexibility index (Phi) is 5.66. The number of fused-ring (bicyclic) bond motifs is 2. The molecule has 5 aromatic rings. The van der Waals surface area contributed by atoms with Crippen LogP contribution >= 0.6 is 0 Å². The van der Waals surface area contributed by atoms with Crippen LogP contribution in [0.15, 0.2) is 94.6 Å². The number of nitrogens with one attached hydrogen (secondary N) is 1. The average molecular weight is 451 g/mol. The van der Waals surface area contributed by atoms with E-state index in [4.69, 9.17) is 9.52 Å². The number of benzene rings is 3. The lowest BCUT2D eigenvalue weighted by Crippen LogP contribution is -2.19. The van der Waals surface area contributed by atoms with Crippen molar-refractivity contribution in [3.8, 4) is 0 Å². The zero-order valence-corrected chi connectivity index (χ0v) is 18.1. The van der Waals surface area contributed by atoms with Crippen molar-refractivity contribution in [2.45, 2.75) is 13.0 Å². The number of aromatic nitrogens is 1.